The number of para-hydroxylation sites is 1. The topological polar surface area (TPSA) is 75.4 Å². The first-order chi connectivity index (χ1) is 13.4. The Balaban J connectivity index is 1.91. The number of aliphatic carboxylic acids is 1. The zero-order valence-corrected chi connectivity index (χ0v) is 17.0. The summed E-state index contributed by atoms with van der Waals surface area (Å²) in [4.78, 5) is 24.5. The van der Waals surface area contributed by atoms with Crippen molar-refractivity contribution in [1.29, 1.82) is 0 Å². The molecular weight excluding hydrogens is 422 g/mol. The molecule has 28 heavy (non-hydrogen) atoms. The number of halogens is 1. The molecule has 0 aliphatic carbocycles. The lowest BCUT2D eigenvalue weighted by Crippen LogP contribution is -2.26. The van der Waals surface area contributed by atoms with E-state index >= 15 is 0 Å². The van der Waals surface area contributed by atoms with Crippen LogP contribution in [0.4, 0.5) is 0 Å². The summed E-state index contributed by atoms with van der Waals surface area (Å²) < 4.78 is 2.77. The molecule has 0 saturated heterocycles. The standard InChI is InChI=1S/C21H20BrN3O3/c1-24(19(26)11-12-20(27)28)13-16-14-25(18-5-3-2-4-6-18)23-21(16)15-7-9-17(22)10-8-15/h2-10,14H,11-13H2,1H3,(H,27,28). The van der Waals surface area contributed by atoms with Crippen LogP contribution in [0.3, 0.4) is 0 Å². The predicted molar refractivity (Wildman–Crippen MR) is 110 cm³/mol. The van der Waals surface area contributed by atoms with Crippen LogP contribution in [0.25, 0.3) is 16.9 Å². The van der Waals surface area contributed by atoms with E-state index in [4.69, 9.17) is 10.2 Å². The fourth-order valence-electron chi connectivity index (χ4n) is 2.84. The Hall–Kier alpha value is -2.93. The minimum absolute atomic E-state index is 0.0216. The molecule has 0 atom stereocenters. The molecular formula is C21H20BrN3O3. The highest BCUT2D eigenvalue weighted by atomic mass is 79.9. The van der Waals surface area contributed by atoms with Crippen molar-refractivity contribution in [1.82, 2.24) is 14.7 Å². The van der Waals surface area contributed by atoms with Gasteiger partial charge in [-0.2, -0.15) is 5.10 Å². The van der Waals surface area contributed by atoms with E-state index in [1.54, 1.807) is 11.7 Å². The number of hydrogen-bond acceptors (Lipinski definition) is 3. The van der Waals surface area contributed by atoms with Gasteiger partial charge in [0.1, 0.15) is 0 Å². The number of rotatable bonds is 7. The number of carbonyl (C=O) groups is 2. The molecule has 0 aliphatic heterocycles. The number of carboxylic acids is 1. The number of carbonyl (C=O) groups excluding carboxylic acids is 1. The Morgan fingerprint density at radius 3 is 2.39 bits per heavy atom. The van der Waals surface area contributed by atoms with E-state index in [0.717, 1.165) is 27.0 Å². The quantitative estimate of drug-likeness (QED) is 0.597. The minimum atomic E-state index is -0.978. The monoisotopic (exact) mass is 441 g/mol. The Morgan fingerprint density at radius 1 is 1.07 bits per heavy atom. The van der Waals surface area contributed by atoms with E-state index in [-0.39, 0.29) is 18.7 Å². The SMILES string of the molecule is CN(Cc1cn(-c2ccccc2)nc1-c1ccc(Br)cc1)C(=O)CCC(=O)O. The first-order valence-corrected chi connectivity index (χ1v) is 9.59. The van der Waals surface area contributed by atoms with Crippen LogP contribution in [0.5, 0.6) is 0 Å². The van der Waals surface area contributed by atoms with Gasteiger partial charge in [0.15, 0.2) is 0 Å². The van der Waals surface area contributed by atoms with Gasteiger partial charge in [0.2, 0.25) is 5.91 Å². The lowest BCUT2D eigenvalue weighted by atomic mass is 10.1. The first-order valence-electron chi connectivity index (χ1n) is 8.79. The van der Waals surface area contributed by atoms with Crippen molar-refractivity contribution in [2.24, 2.45) is 0 Å². The summed E-state index contributed by atoms with van der Waals surface area (Å²) in [6.07, 6.45) is 1.71. The fourth-order valence-corrected chi connectivity index (χ4v) is 3.10. The van der Waals surface area contributed by atoms with Gasteiger partial charge in [0.25, 0.3) is 0 Å². The van der Waals surface area contributed by atoms with Crippen molar-refractivity contribution in [3.63, 3.8) is 0 Å². The smallest absolute Gasteiger partial charge is 0.303 e. The van der Waals surface area contributed by atoms with Gasteiger partial charge < -0.3 is 10.0 Å². The van der Waals surface area contributed by atoms with Gasteiger partial charge in [-0.3, -0.25) is 9.59 Å². The molecule has 0 saturated carbocycles. The molecule has 0 bridgehead atoms. The van der Waals surface area contributed by atoms with Gasteiger partial charge in [-0.25, -0.2) is 4.68 Å². The summed E-state index contributed by atoms with van der Waals surface area (Å²) in [6, 6.07) is 17.6. The van der Waals surface area contributed by atoms with Gasteiger partial charge in [-0.15, -0.1) is 0 Å². The maximum Gasteiger partial charge on any atom is 0.303 e. The van der Waals surface area contributed by atoms with E-state index < -0.39 is 5.97 Å². The summed E-state index contributed by atoms with van der Waals surface area (Å²) >= 11 is 3.44. The normalized spacial score (nSPS) is 10.6. The van der Waals surface area contributed by atoms with Crippen molar-refractivity contribution < 1.29 is 14.7 Å². The lowest BCUT2D eigenvalue weighted by Gasteiger charge is -2.16. The van der Waals surface area contributed by atoms with Crippen LogP contribution in [0.15, 0.2) is 65.3 Å². The van der Waals surface area contributed by atoms with Crippen molar-refractivity contribution in [2.45, 2.75) is 19.4 Å². The minimum Gasteiger partial charge on any atom is -0.481 e. The molecule has 144 valence electrons. The summed E-state index contributed by atoms with van der Waals surface area (Å²) in [6.45, 7) is 0.344. The Labute approximate surface area is 171 Å². The molecule has 3 rings (SSSR count). The van der Waals surface area contributed by atoms with Crippen molar-refractivity contribution in [3.05, 3.63) is 70.8 Å². The average Bonchev–Trinajstić information content (AvgIpc) is 3.11. The highest BCUT2D eigenvalue weighted by Gasteiger charge is 2.17. The van der Waals surface area contributed by atoms with E-state index in [1.165, 1.54) is 4.90 Å². The van der Waals surface area contributed by atoms with E-state index in [9.17, 15) is 9.59 Å². The maximum absolute atomic E-state index is 12.3. The molecule has 0 radical (unpaired) electrons. The zero-order chi connectivity index (χ0) is 20.1. The zero-order valence-electron chi connectivity index (χ0n) is 15.4. The molecule has 1 aromatic heterocycles. The third-order valence-corrected chi connectivity index (χ3v) is 4.84. The fraction of sp³-hybridized carbons (Fsp3) is 0.190. The van der Waals surface area contributed by atoms with Crippen LogP contribution >= 0.6 is 15.9 Å². The molecule has 1 heterocycles. The number of hydrogen-bond donors (Lipinski definition) is 1. The van der Waals surface area contributed by atoms with Crippen LogP contribution < -0.4 is 0 Å². The highest BCUT2D eigenvalue weighted by molar-refractivity contribution is 9.10. The van der Waals surface area contributed by atoms with Crippen molar-refractivity contribution in [2.75, 3.05) is 7.05 Å². The second-order valence-electron chi connectivity index (χ2n) is 6.43. The molecule has 0 unspecified atom stereocenters. The Morgan fingerprint density at radius 2 is 1.75 bits per heavy atom. The number of amides is 1. The molecule has 3 aromatic rings. The van der Waals surface area contributed by atoms with Crippen molar-refractivity contribution in [3.8, 4) is 16.9 Å². The van der Waals surface area contributed by atoms with Gasteiger partial charge in [0, 0.05) is 41.8 Å². The molecule has 0 aliphatic rings. The first kappa shape index (κ1) is 19.8. The maximum atomic E-state index is 12.3. The van der Waals surface area contributed by atoms with Crippen LogP contribution in [0, 0.1) is 0 Å². The number of carboxylic acid groups (broad SMARTS) is 1. The summed E-state index contributed by atoms with van der Waals surface area (Å²) in [5.41, 5.74) is 3.54. The third kappa shape index (κ3) is 4.86. The number of aromatic nitrogens is 2. The summed E-state index contributed by atoms with van der Waals surface area (Å²) in [7, 11) is 1.68. The molecule has 0 fully saturated rings. The second-order valence-corrected chi connectivity index (χ2v) is 7.35. The van der Waals surface area contributed by atoms with Gasteiger partial charge in [-0.05, 0) is 24.3 Å². The second kappa shape index (κ2) is 8.84. The Kier molecular flexibility index (Phi) is 6.26. The van der Waals surface area contributed by atoms with Crippen LogP contribution in [-0.2, 0) is 16.1 Å². The summed E-state index contributed by atoms with van der Waals surface area (Å²) in [5.74, 6) is -1.19. The molecule has 6 nitrogen and oxygen atoms in total. The molecule has 0 spiro atoms. The number of benzene rings is 2. The molecule has 1 N–H and O–H groups in total. The van der Waals surface area contributed by atoms with E-state index in [1.807, 2.05) is 60.8 Å². The average molecular weight is 442 g/mol. The van der Waals surface area contributed by atoms with Crippen LogP contribution in [0.2, 0.25) is 0 Å². The Bertz CT molecular complexity index is 968. The van der Waals surface area contributed by atoms with Gasteiger partial charge in [-0.1, -0.05) is 46.3 Å². The van der Waals surface area contributed by atoms with Crippen LogP contribution in [0.1, 0.15) is 18.4 Å². The lowest BCUT2D eigenvalue weighted by molar-refractivity contribution is -0.140. The van der Waals surface area contributed by atoms with Crippen molar-refractivity contribution >= 4 is 27.8 Å². The summed E-state index contributed by atoms with van der Waals surface area (Å²) in [5, 5.41) is 13.5. The molecule has 7 heteroatoms. The largest absolute Gasteiger partial charge is 0.481 e. The van der Waals surface area contributed by atoms with E-state index in [0.29, 0.717) is 6.54 Å². The van der Waals surface area contributed by atoms with Gasteiger partial charge in [0.05, 0.1) is 17.8 Å². The van der Waals surface area contributed by atoms with Gasteiger partial charge >= 0.3 is 5.97 Å². The third-order valence-electron chi connectivity index (χ3n) is 4.31. The van der Waals surface area contributed by atoms with E-state index in [2.05, 4.69) is 15.9 Å². The predicted octanol–water partition coefficient (Wildman–Crippen LogP) is 4.13. The molecule has 2 aromatic carbocycles. The number of nitrogens with zero attached hydrogens (tertiary/aromatic N) is 3. The highest BCUT2D eigenvalue weighted by Crippen LogP contribution is 2.26. The van der Waals surface area contributed by atoms with Crippen LogP contribution in [-0.4, -0.2) is 38.7 Å². The molecule has 1 amide bonds.